The predicted molar refractivity (Wildman–Crippen MR) is 39.5 cm³/mol. The van der Waals surface area contributed by atoms with Crippen molar-refractivity contribution in [2.24, 2.45) is 0 Å². The molecule has 0 amide bonds. The molecule has 3 heteroatoms. The molecule has 45 valence electrons. The van der Waals surface area contributed by atoms with Gasteiger partial charge in [0.15, 0.2) is 0 Å². The molecule has 0 saturated carbocycles. The van der Waals surface area contributed by atoms with E-state index in [9.17, 15) is 0 Å². The Morgan fingerprint density at radius 2 is 2.12 bits per heavy atom. The highest BCUT2D eigenvalue weighted by Crippen LogP contribution is 1.90. The fraction of sp³-hybridized carbons (Fsp3) is 1.00. The molecule has 0 aliphatic rings. The molecule has 0 saturated heterocycles. The molecule has 0 bridgehead atoms. The molecule has 0 aliphatic carbocycles. The van der Waals surface area contributed by atoms with Gasteiger partial charge in [-0.2, -0.15) is 0 Å². The van der Waals surface area contributed by atoms with Crippen LogP contribution in [0.4, 0.5) is 0 Å². The number of hydrogen-bond donors (Lipinski definition) is 0. The molecule has 1 nitrogen and oxygen atoms in total. The maximum absolute atomic E-state index is 3.53. The Hall–Kier alpha value is 0.394. The minimum atomic E-state index is 0.678. The molecule has 1 unspecified atom stereocenters. The lowest BCUT2D eigenvalue weighted by Crippen LogP contribution is -2.21. The van der Waals surface area contributed by atoms with Crippen LogP contribution in [0.5, 0.6) is 0 Å². The Kier molecular flexibility index (Phi) is 4.50. The maximum Gasteiger partial charge on any atom is 0.0561 e. The molecule has 1 atom stereocenters. The molecular formula is C5H12NSi2. The van der Waals surface area contributed by atoms with E-state index in [-0.39, 0.29) is 0 Å². The molecule has 0 aromatic rings. The fourth-order valence-electron chi connectivity index (χ4n) is 0.320. The van der Waals surface area contributed by atoms with E-state index in [4.69, 9.17) is 0 Å². The van der Waals surface area contributed by atoms with Gasteiger partial charge < -0.3 is 4.90 Å². The molecule has 8 heavy (non-hydrogen) atoms. The van der Waals surface area contributed by atoms with Crippen molar-refractivity contribution >= 4 is 19.8 Å². The van der Waals surface area contributed by atoms with Crippen LogP contribution in [0.2, 0.25) is 5.16 Å². The van der Waals surface area contributed by atoms with E-state index in [1.54, 1.807) is 0 Å². The second kappa shape index (κ2) is 4.29. The highest BCUT2D eigenvalue weighted by atomic mass is 28.2. The van der Waals surface area contributed by atoms with Crippen molar-refractivity contribution in [1.82, 2.24) is 4.90 Å². The summed E-state index contributed by atoms with van der Waals surface area (Å²) in [7, 11) is 8.74. The van der Waals surface area contributed by atoms with Crippen LogP contribution in [0, 0.1) is 0 Å². The van der Waals surface area contributed by atoms with Crippen LogP contribution in [0.3, 0.4) is 0 Å². The summed E-state index contributed by atoms with van der Waals surface area (Å²) in [5.41, 5.74) is 0. The summed E-state index contributed by atoms with van der Waals surface area (Å²) in [4.78, 5) is 2.20. The number of rotatable bonds is 3. The molecule has 0 aromatic carbocycles. The first kappa shape index (κ1) is 8.39. The Morgan fingerprint density at radius 3 is 2.25 bits per heavy atom. The van der Waals surface area contributed by atoms with Crippen LogP contribution in [0.1, 0.15) is 6.92 Å². The SMILES string of the molecule is CC([Si])[Si]CN(C)C. The predicted octanol–water partition coefficient (Wildman–Crippen LogP) is 0.144. The molecular weight excluding hydrogens is 130 g/mol. The summed E-state index contributed by atoms with van der Waals surface area (Å²) >= 11 is 0. The summed E-state index contributed by atoms with van der Waals surface area (Å²) in [6.07, 6.45) is 1.20. The lowest BCUT2D eigenvalue weighted by Gasteiger charge is -2.09. The molecule has 0 aromatic heterocycles. The van der Waals surface area contributed by atoms with Gasteiger partial charge in [0.25, 0.3) is 0 Å². The lowest BCUT2D eigenvalue weighted by molar-refractivity contribution is 0.476. The molecule has 0 fully saturated rings. The molecule has 0 aliphatic heterocycles. The third-order valence-corrected chi connectivity index (χ3v) is 2.75. The van der Waals surface area contributed by atoms with Gasteiger partial charge in [-0.25, -0.2) is 0 Å². The molecule has 0 N–H and O–H groups in total. The highest BCUT2D eigenvalue weighted by molar-refractivity contribution is 6.50. The zero-order valence-electron chi connectivity index (χ0n) is 5.73. The largest absolute Gasteiger partial charge is 0.313 e. The van der Waals surface area contributed by atoms with Crippen molar-refractivity contribution in [3.63, 3.8) is 0 Å². The van der Waals surface area contributed by atoms with Gasteiger partial charge >= 0.3 is 0 Å². The van der Waals surface area contributed by atoms with E-state index in [1.807, 2.05) is 0 Å². The summed E-state index contributed by atoms with van der Waals surface area (Å²) in [5, 5.41) is 0.678. The zero-order valence-corrected chi connectivity index (χ0v) is 7.73. The summed E-state index contributed by atoms with van der Waals surface area (Å²) in [5.74, 6) is 0. The van der Waals surface area contributed by atoms with Crippen molar-refractivity contribution in [2.75, 3.05) is 20.3 Å². The van der Waals surface area contributed by atoms with E-state index in [0.717, 1.165) is 9.52 Å². The monoisotopic (exact) mass is 142 g/mol. The first-order valence-electron chi connectivity index (χ1n) is 2.72. The minimum Gasteiger partial charge on any atom is -0.313 e. The topological polar surface area (TPSA) is 3.24 Å². The quantitative estimate of drug-likeness (QED) is 0.507. The molecule has 0 rings (SSSR count). The third-order valence-electron chi connectivity index (χ3n) is 0.714. The smallest absolute Gasteiger partial charge is 0.0561 e. The Balaban J connectivity index is 2.93. The van der Waals surface area contributed by atoms with Crippen LogP contribution in [0.15, 0.2) is 0 Å². The summed E-state index contributed by atoms with van der Waals surface area (Å²) < 4.78 is 0. The fourth-order valence-corrected chi connectivity index (χ4v) is 1.23. The van der Waals surface area contributed by atoms with E-state index in [2.05, 4.69) is 36.2 Å². The van der Waals surface area contributed by atoms with Crippen LogP contribution >= 0.6 is 0 Å². The van der Waals surface area contributed by atoms with Gasteiger partial charge in [-0.3, -0.25) is 0 Å². The van der Waals surface area contributed by atoms with Crippen LogP contribution < -0.4 is 0 Å². The summed E-state index contributed by atoms with van der Waals surface area (Å²) in [6.45, 7) is 2.18. The van der Waals surface area contributed by atoms with Gasteiger partial charge in [-0.05, 0) is 20.3 Å². The summed E-state index contributed by atoms with van der Waals surface area (Å²) in [6, 6.07) is 0. The van der Waals surface area contributed by atoms with Crippen LogP contribution in [0.25, 0.3) is 0 Å². The second-order valence-corrected chi connectivity index (χ2v) is 5.20. The minimum absolute atomic E-state index is 0.678. The Labute approximate surface area is 57.7 Å². The van der Waals surface area contributed by atoms with Gasteiger partial charge in [0.05, 0.1) is 9.52 Å². The molecule has 0 spiro atoms. The van der Waals surface area contributed by atoms with Gasteiger partial charge in [-0.1, -0.05) is 12.1 Å². The Bertz CT molecular complexity index is 46.4. The lowest BCUT2D eigenvalue weighted by atomic mass is 10.9. The van der Waals surface area contributed by atoms with E-state index >= 15 is 0 Å². The first-order chi connectivity index (χ1) is 3.63. The van der Waals surface area contributed by atoms with Crippen LogP contribution in [-0.4, -0.2) is 44.9 Å². The zero-order chi connectivity index (χ0) is 6.57. The number of hydrogen-bond acceptors (Lipinski definition) is 1. The third kappa shape index (κ3) is 6.39. The van der Waals surface area contributed by atoms with Crippen molar-refractivity contribution in [2.45, 2.75) is 12.1 Å². The van der Waals surface area contributed by atoms with Crippen molar-refractivity contribution in [1.29, 1.82) is 0 Å². The van der Waals surface area contributed by atoms with Crippen LogP contribution in [-0.2, 0) is 0 Å². The van der Waals surface area contributed by atoms with E-state index < -0.39 is 0 Å². The Morgan fingerprint density at radius 1 is 1.62 bits per heavy atom. The van der Waals surface area contributed by atoms with Gasteiger partial charge in [0.2, 0.25) is 0 Å². The molecule has 0 heterocycles. The van der Waals surface area contributed by atoms with Crippen molar-refractivity contribution in [3.8, 4) is 0 Å². The number of nitrogens with zero attached hydrogens (tertiary/aromatic N) is 1. The van der Waals surface area contributed by atoms with E-state index in [1.165, 1.54) is 6.17 Å². The highest BCUT2D eigenvalue weighted by Gasteiger charge is 1.95. The first-order valence-corrected chi connectivity index (χ1v) is 4.58. The van der Waals surface area contributed by atoms with Crippen molar-refractivity contribution < 1.29 is 0 Å². The van der Waals surface area contributed by atoms with E-state index in [0.29, 0.717) is 5.16 Å². The van der Waals surface area contributed by atoms with Crippen molar-refractivity contribution in [3.05, 3.63) is 0 Å². The standard InChI is InChI=1S/C5H12NSi2/c1-5(7)8-4-6(2)3/h5H,4H2,1-3H3. The van der Waals surface area contributed by atoms with Gasteiger partial charge in [0.1, 0.15) is 0 Å². The maximum atomic E-state index is 3.53. The van der Waals surface area contributed by atoms with Gasteiger partial charge in [0, 0.05) is 10.2 Å². The normalized spacial score (nSPS) is 14.6. The average molecular weight is 142 g/mol. The van der Waals surface area contributed by atoms with Gasteiger partial charge in [-0.15, -0.1) is 0 Å². The average Bonchev–Trinajstić information content (AvgIpc) is 1.61. The molecule has 5 radical (unpaired) electrons. The second-order valence-electron chi connectivity index (χ2n) is 2.16.